The van der Waals surface area contributed by atoms with Crippen LogP contribution >= 0.6 is 11.8 Å². The minimum atomic E-state index is -0.111. The Kier molecular flexibility index (Phi) is 6.73. The van der Waals surface area contributed by atoms with Gasteiger partial charge in [-0.3, -0.25) is 4.79 Å². The number of imidazole rings is 1. The number of aromatic nitrogens is 2. The van der Waals surface area contributed by atoms with E-state index in [0.29, 0.717) is 31.1 Å². The zero-order chi connectivity index (χ0) is 19.1. The van der Waals surface area contributed by atoms with Gasteiger partial charge in [0, 0.05) is 32.5 Å². The van der Waals surface area contributed by atoms with Crippen LogP contribution in [0.1, 0.15) is 28.3 Å². The second-order valence-electron chi connectivity index (χ2n) is 6.23. The lowest BCUT2D eigenvalue weighted by Crippen LogP contribution is -2.32. The fourth-order valence-corrected chi connectivity index (χ4v) is 3.52. The van der Waals surface area contributed by atoms with E-state index < -0.39 is 0 Å². The smallest absolute Gasteiger partial charge is 0.289 e. The van der Waals surface area contributed by atoms with Gasteiger partial charge in [0.1, 0.15) is 5.76 Å². The molecule has 2 aromatic heterocycles. The Hall–Kier alpha value is -2.51. The fourth-order valence-electron chi connectivity index (χ4n) is 2.69. The molecule has 0 bridgehead atoms. The van der Waals surface area contributed by atoms with Crippen LogP contribution in [0.4, 0.5) is 0 Å². The Labute approximate surface area is 163 Å². The average Bonchev–Trinajstić information content (AvgIpc) is 3.32. The van der Waals surface area contributed by atoms with Crippen LogP contribution in [0, 0.1) is 0 Å². The molecule has 0 fully saturated rings. The highest BCUT2D eigenvalue weighted by atomic mass is 32.2. The number of amides is 1. The van der Waals surface area contributed by atoms with Crippen molar-refractivity contribution in [1.29, 1.82) is 0 Å². The second kappa shape index (κ2) is 9.43. The molecule has 2 heterocycles. The topological polar surface area (TPSA) is 77.3 Å². The summed E-state index contributed by atoms with van der Waals surface area (Å²) in [5, 5.41) is 0.910. The van der Waals surface area contributed by atoms with Crippen molar-refractivity contribution in [2.24, 2.45) is 12.8 Å². The van der Waals surface area contributed by atoms with Crippen molar-refractivity contribution in [2.75, 3.05) is 13.1 Å². The van der Waals surface area contributed by atoms with Gasteiger partial charge in [0.25, 0.3) is 5.91 Å². The molecule has 7 heteroatoms. The van der Waals surface area contributed by atoms with Gasteiger partial charge < -0.3 is 19.6 Å². The second-order valence-corrected chi connectivity index (χ2v) is 7.17. The average molecular weight is 385 g/mol. The summed E-state index contributed by atoms with van der Waals surface area (Å²) in [6, 6.07) is 13.5. The third-order valence-electron chi connectivity index (χ3n) is 4.13. The van der Waals surface area contributed by atoms with E-state index >= 15 is 0 Å². The fraction of sp³-hybridized carbons (Fsp3) is 0.300. The van der Waals surface area contributed by atoms with Gasteiger partial charge >= 0.3 is 0 Å². The number of furan rings is 1. The molecular formula is C20H24N4O2S. The monoisotopic (exact) mass is 384 g/mol. The van der Waals surface area contributed by atoms with Crippen LogP contribution in [-0.4, -0.2) is 33.4 Å². The SMILES string of the molecule is Cn1ccnc1SCc1ccc(C(=O)N(CCCN)Cc2ccccc2)o1. The lowest BCUT2D eigenvalue weighted by atomic mass is 10.2. The number of nitrogens with two attached hydrogens (primary N) is 1. The number of thioether (sulfide) groups is 1. The number of benzene rings is 1. The highest BCUT2D eigenvalue weighted by Crippen LogP contribution is 2.22. The molecule has 0 aliphatic carbocycles. The first-order chi connectivity index (χ1) is 13.2. The Morgan fingerprint density at radius 1 is 1.26 bits per heavy atom. The lowest BCUT2D eigenvalue weighted by Gasteiger charge is -2.21. The third-order valence-corrected chi connectivity index (χ3v) is 5.21. The van der Waals surface area contributed by atoms with Gasteiger partial charge in [0.05, 0.1) is 5.75 Å². The summed E-state index contributed by atoms with van der Waals surface area (Å²) in [4.78, 5) is 19.0. The molecule has 0 aliphatic rings. The van der Waals surface area contributed by atoms with Gasteiger partial charge in [-0.1, -0.05) is 42.1 Å². The van der Waals surface area contributed by atoms with Gasteiger partial charge in [0.15, 0.2) is 10.9 Å². The van der Waals surface area contributed by atoms with Gasteiger partial charge in [-0.2, -0.15) is 0 Å². The number of carbonyl (C=O) groups is 1. The van der Waals surface area contributed by atoms with Crippen LogP contribution in [0.2, 0.25) is 0 Å². The van der Waals surface area contributed by atoms with E-state index in [0.717, 1.165) is 22.9 Å². The molecule has 0 spiro atoms. The Balaban J connectivity index is 1.66. The minimum absolute atomic E-state index is 0.111. The zero-order valence-electron chi connectivity index (χ0n) is 15.4. The molecule has 3 aromatic rings. The number of rotatable bonds is 9. The molecule has 1 aromatic carbocycles. The van der Waals surface area contributed by atoms with Gasteiger partial charge in [-0.25, -0.2) is 4.98 Å². The highest BCUT2D eigenvalue weighted by molar-refractivity contribution is 7.98. The Bertz CT molecular complexity index is 860. The predicted octanol–water partition coefficient (Wildman–Crippen LogP) is 3.30. The summed E-state index contributed by atoms with van der Waals surface area (Å²) < 4.78 is 7.75. The molecule has 3 rings (SSSR count). The maximum absolute atomic E-state index is 12.9. The van der Waals surface area contributed by atoms with E-state index in [1.165, 1.54) is 0 Å². The zero-order valence-corrected chi connectivity index (χ0v) is 16.2. The van der Waals surface area contributed by atoms with Crippen LogP contribution in [0.15, 0.2) is 64.4 Å². The number of hydrogen-bond acceptors (Lipinski definition) is 5. The van der Waals surface area contributed by atoms with Crippen molar-refractivity contribution in [2.45, 2.75) is 23.9 Å². The quantitative estimate of drug-likeness (QED) is 0.573. The maximum Gasteiger partial charge on any atom is 0.289 e. The van der Waals surface area contributed by atoms with E-state index in [1.807, 2.05) is 54.2 Å². The lowest BCUT2D eigenvalue weighted by molar-refractivity contribution is 0.0708. The molecule has 0 aliphatic heterocycles. The molecule has 0 saturated heterocycles. The largest absolute Gasteiger partial charge is 0.455 e. The number of hydrogen-bond donors (Lipinski definition) is 1. The highest BCUT2D eigenvalue weighted by Gasteiger charge is 2.19. The molecule has 0 atom stereocenters. The summed E-state index contributed by atoms with van der Waals surface area (Å²) in [6.07, 6.45) is 4.41. The molecule has 6 nitrogen and oxygen atoms in total. The standard InChI is InChI=1S/C20H24N4O2S/c1-23-13-11-22-20(23)27-15-17-8-9-18(26-17)19(25)24(12-5-10-21)14-16-6-3-2-4-7-16/h2-4,6-9,11,13H,5,10,12,14-15,21H2,1H3. The van der Waals surface area contributed by atoms with Crippen LogP contribution in [0.3, 0.4) is 0 Å². The summed E-state index contributed by atoms with van der Waals surface area (Å²) in [5.41, 5.74) is 6.72. The van der Waals surface area contributed by atoms with Crippen molar-refractivity contribution < 1.29 is 9.21 Å². The first-order valence-corrected chi connectivity index (χ1v) is 9.88. The molecular weight excluding hydrogens is 360 g/mol. The first-order valence-electron chi connectivity index (χ1n) is 8.89. The van der Waals surface area contributed by atoms with Gasteiger partial charge in [0.2, 0.25) is 0 Å². The summed E-state index contributed by atoms with van der Waals surface area (Å²) >= 11 is 1.57. The van der Waals surface area contributed by atoms with Crippen molar-refractivity contribution in [3.63, 3.8) is 0 Å². The first kappa shape index (κ1) is 19.3. The van der Waals surface area contributed by atoms with Crippen LogP contribution in [0.5, 0.6) is 0 Å². The third kappa shape index (κ3) is 5.24. The van der Waals surface area contributed by atoms with E-state index in [2.05, 4.69) is 4.98 Å². The van der Waals surface area contributed by atoms with Crippen LogP contribution in [-0.2, 0) is 19.3 Å². The Morgan fingerprint density at radius 3 is 2.78 bits per heavy atom. The number of aryl methyl sites for hydroxylation is 1. The van der Waals surface area contributed by atoms with Gasteiger partial charge in [-0.15, -0.1) is 0 Å². The van der Waals surface area contributed by atoms with E-state index in [-0.39, 0.29) is 5.91 Å². The maximum atomic E-state index is 12.9. The van der Waals surface area contributed by atoms with Crippen molar-refractivity contribution in [1.82, 2.24) is 14.5 Å². The number of carbonyl (C=O) groups excluding carboxylic acids is 1. The van der Waals surface area contributed by atoms with E-state index in [4.69, 9.17) is 10.2 Å². The molecule has 0 radical (unpaired) electrons. The molecule has 0 saturated carbocycles. The molecule has 142 valence electrons. The number of nitrogens with zero attached hydrogens (tertiary/aromatic N) is 3. The van der Waals surface area contributed by atoms with E-state index in [9.17, 15) is 4.79 Å². The van der Waals surface area contributed by atoms with Gasteiger partial charge in [-0.05, 0) is 30.7 Å². The van der Waals surface area contributed by atoms with Crippen molar-refractivity contribution in [3.05, 3.63) is 71.9 Å². The van der Waals surface area contributed by atoms with Crippen LogP contribution < -0.4 is 5.73 Å². The summed E-state index contributed by atoms with van der Waals surface area (Å²) in [6.45, 7) is 1.68. The minimum Gasteiger partial charge on any atom is -0.455 e. The summed E-state index contributed by atoms with van der Waals surface area (Å²) in [5.74, 6) is 1.63. The predicted molar refractivity (Wildman–Crippen MR) is 106 cm³/mol. The molecule has 0 unspecified atom stereocenters. The summed E-state index contributed by atoms with van der Waals surface area (Å²) in [7, 11) is 1.95. The van der Waals surface area contributed by atoms with Crippen molar-refractivity contribution >= 4 is 17.7 Å². The molecule has 1 amide bonds. The van der Waals surface area contributed by atoms with E-state index in [1.54, 1.807) is 28.9 Å². The Morgan fingerprint density at radius 2 is 2.07 bits per heavy atom. The van der Waals surface area contributed by atoms with Crippen molar-refractivity contribution in [3.8, 4) is 0 Å². The molecule has 2 N–H and O–H groups in total. The van der Waals surface area contributed by atoms with Crippen LogP contribution in [0.25, 0.3) is 0 Å². The molecule has 27 heavy (non-hydrogen) atoms. The normalized spacial score (nSPS) is 10.9.